The SMILES string of the molecule is CC1(C)C2COc3ccc4ccccc4c3C2N=C2SC=C(c3ccc(SN4CCOCC4)cc3)N21. The lowest BCUT2D eigenvalue weighted by atomic mass is 9.74. The average Bonchev–Trinajstić information content (AvgIpc) is 3.34. The van der Waals surface area contributed by atoms with E-state index in [0.29, 0.717) is 6.61 Å². The van der Waals surface area contributed by atoms with E-state index in [2.05, 4.69) is 89.1 Å². The molecule has 0 bridgehead atoms. The summed E-state index contributed by atoms with van der Waals surface area (Å²) in [6, 6.07) is 22.0. The molecular weight excluding hydrogens is 486 g/mol. The fourth-order valence-corrected chi connectivity index (χ4v) is 7.80. The fraction of sp³-hybridized carbons (Fsp3) is 0.345. The fourth-order valence-electron chi connectivity index (χ4n) is 5.84. The van der Waals surface area contributed by atoms with Crippen molar-refractivity contribution in [3.05, 3.63) is 77.2 Å². The lowest BCUT2D eigenvalue weighted by molar-refractivity contribution is 0.0754. The Labute approximate surface area is 220 Å². The normalized spacial score (nSPS) is 24.9. The molecule has 7 heteroatoms. The van der Waals surface area contributed by atoms with Crippen LogP contribution in [0.5, 0.6) is 5.75 Å². The minimum absolute atomic E-state index is 0.0913. The van der Waals surface area contributed by atoms with Gasteiger partial charge in [-0.15, -0.1) is 0 Å². The molecule has 0 aromatic heterocycles. The molecule has 0 N–H and O–H groups in total. The van der Waals surface area contributed by atoms with Gasteiger partial charge in [-0.05, 0) is 60.3 Å². The summed E-state index contributed by atoms with van der Waals surface area (Å²) in [5, 5.41) is 5.85. The standard InChI is InChI=1S/C29H29N3O2S2/c1-29(2)23-17-34-25-12-9-19-5-3-4-6-22(19)26(25)27(23)30-28-32(29)24(18-35-28)20-7-10-21(11-8-20)36-31-13-15-33-16-14-31/h3-12,18,23,27H,13-17H2,1-2H3. The van der Waals surface area contributed by atoms with Crippen molar-refractivity contribution < 1.29 is 9.47 Å². The first-order valence-corrected chi connectivity index (χ1v) is 14.3. The highest BCUT2D eigenvalue weighted by molar-refractivity contribution is 8.16. The van der Waals surface area contributed by atoms with Crippen LogP contribution >= 0.6 is 23.7 Å². The number of ether oxygens (including phenoxy) is 2. The predicted molar refractivity (Wildman–Crippen MR) is 149 cm³/mol. The molecule has 0 radical (unpaired) electrons. The summed E-state index contributed by atoms with van der Waals surface area (Å²) in [5.74, 6) is 1.23. The maximum absolute atomic E-state index is 6.38. The van der Waals surface area contributed by atoms with Crippen LogP contribution in [0.25, 0.3) is 16.5 Å². The minimum Gasteiger partial charge on any atom is -0.493 e. The minimum atomic E-state index is -0.146. The van der Waals surface area contributed by atoms with E-state index in [1.54, 1.807) is 11.8 Å². The second-order valence-corrected chi connectivity index (χ2v) is 12.2. The van der Waals surface area contributed by atoms with Crippen molar-refractivity contribution in [1.29, 1.82) is 0 Å². The molecule has 0 amide bonds. The zero-order valence-corrected chi connectivity index (χ0v) is 22.1. The van der Waals surface area contributed by atoms with E-state index in [1.807, 2.05) is 11.9 Å². The third-order valence-corrected chi connectivity index (χ3v) is 9.77. The molecule has 36 heavy (non-hydrogen) atoms. The van der Waals surface area contributed by atoms with Crippen molar-refractivity contribution in [2.24, 2.45) is 10.9 Å². The van der Waals surface area contributed by atoms with Gasteiger partial charge in [0.2, 0.25) is 0 Å². The second kappa shape index (κ2) is 8.84. The number of aliphatic imine (C=N–C) groups is 1. The van der Waals surface area contributed by atoms with Crippen LogP contribution in [0.3, 0.4) is 0 Å². The lowest BCUT2D eigenvalue weighted by Crippen LogP contribution is -2.56. The van der Waals surface area contributed by atoms with E-state index in [-0.39, 0.29) is 17.5 Å². The van der Waals surface area contributed by atoms with Crippen molar-refractivity contribution in [3.63, 3.8) is 0 Å². The monoisotopic (exact) mass is 515 g/mol. The molecule has 0 aliphatic carbocycles. The maximum atomic E-state index is 6.38. The van der Waals surface area contributed by atoms with Gasteiger partial charge in [-0.1, -0.05) is 54.2 Å². The van der Waals surface area contributed by atoms with Crippen LogP contribution in [0.2, 0.25) is 0 Å². The van der Waals surface area contributed by atoms with Gasteiger partial charge in [0.1, 0.15) is 5.75 Å². The molecule has 1 saturated heterocycles. The number of fused-ring (bicyclic) bond motifs is 6. The topological polar surface area (TPSA) is 37.3 Å². The highest BCUT2D eigenvalue weighted by Crippen LogP contribution is 2.54. The Hall–Kier alpha value is -2.45. The molecule has 4 heterocycles. The van der Waals surface area contributed by atoms with Gasteiger partial charge in [-0.25, -0.2) is 4.31 Å². The van der Waals surface area contributed by atoms with Crippen LogP contribution < -0.4 is 4.74 Å². The van der Waals surface area contributed by atoms with Crippen molar-refractivity contribution in [2.45, 2.75) is 30.3 Å². The summed E-state index contributed by atoms with van der Waals surface area (Å²) < 4.78 is 14.2. The Balaban J connectivity index is 1.21. The Morgan fingerprint density at radius 1 is 1.00 bits per heavy atom. The third-order valence-electron chi connectivity index (χ3n) is 7.82. The average molecular weight is 516 g/mol. The summed E-state index contributed by atoms with van der Waals surface area (Å²) in [5.41, 5.74) is 3.55. The number of rotatable bonds is 3. The molecule has 3 aromatic carbocycles. The molecule has 3 aromatic rings. The molecular formula is C29H29N3O2S2. The molecule has 184 valence electrons. The van der Waals surface area contributed by atoms with Crippen molar-refractivity contribution >= 4 is 45.3 Å². The number of hydrogen-bond acceptors (Lipinski definition) is 7. The van der Waals surface area contributed by atoms with Crippen molar-refractivity contribution in [3.8, 4) is 5.75 Å². The largest absolute Gasteiger partial charge is 0.493 e. The summed E-state index contributed by atoms with van der Waals surface area (Å²) >= 11 is 3.57. The first-order chi connectivity index (χ1) is 17.6. The van der Waals surface area contributed by atoms with E-state index < -0.39 is 0 Å². The summed E-state index contributed by atoms with van der Waals surface area (Å²) in [6.45, 7) is 8.94. The van der Waals surface area contributed by atoms with E-state index in [9.17, 15) is 0 Å². The molecule has 2 unspecified atom stereocenters. The lowest BCUT2D eigenvalue weighted by Gasteiger charge is -2.51. The van der Waals surface area contributed by atoms with Crippen LogP contribution in [0.1, 0.15) is 31.0 Å². The number of amidine groups is 1. The number of nitrogens with zero attached hydrogens (tertiary/aromatic N) is 3. The number of morpholine rings is 1. The number of benzene rings is 3. The van der Waals surface area contributed by atoms with Gasteiger partial charge in [0.15, 0.2) is 5.17 Å². The highest BCUT2D eigenvalue weighted by atomic mass is 32.2. The van der Waals surface area contributed by atoms with Crippen LogP contribution in [0.15, 0.2) is 76.0 Å². The van der Waals surface area contributed by atoms with E-state index >= 15 is 0 Å². The number of hydrogen-bond donors (Lipinski definition) is 0. The molecule has 4 aliphatic heterocycles. The van der Waals surface area contributed by atoms with Crippen LogP contribution in [-0.4, -0.2) is 52.8 Å². The van der Waals surface area contributed by atoms with Crippen LogP contribution in [0, 0.1) is 5.92 Å². The van der Waals surface area contributed by atoms with Crippen molar-refractivity contribution in [1.82, 2.24) is 9.21 Å². The smallest absolute Gasteiger partial charge is 0.169 e. The summed E-state index contributed by atoms with van der Waals surface area (Å²) in [7, 11) is 0. The third kappa shape index (κ3) is 3.67. The molecule has 0 spiro atoms. The molecule has 1 fully saturated rings. The number of thioether (sulfide) groups is 1. The molecule has 7 rings (SSSR count). The zero-order valence-electron chi connectivity index (χ0n) is 20.5. The van der Waals surface area contributed by atoms with Gasteiger partial charge < -0.3 is 14.4 Å². The quantitative estimate of drug-likeness (QED) is 0.375. The van der Waals surface area contributed by atoms with Gasteiger partial charge in [0.25, 0.3) is 0 Å². The van der Waals surface area contributed by atoms with Gasteiger partial charge in [-0.3, -0.25) is 4.99 Å². The summed E-state index contributed by atoms with van der Waals surface area (Å²) in [4.78, 5) is 9.09. The van der Waals surface area contributed by atoms with Gasteiger partial charge in [0.05, 0.1) is 31.6 Å². The Kier molecular flexibility index (Phi) is 5.58. The van der Waals surface area contributed by atoms with Crippen LogP contribution in [-0.2, 0) is 4.74 Å². The highest BCUT2D eigenvalue weighted by Gasteiger charge is 2.51. The molecule has 4 aliphatic rings. The first-order valence-electron chi connectivity index (χ1n) is 12.6. The van der Waals surface area contributed by atoms with Gasteiger partial charge >= 0.3 is 0 Å². The van der Waals surface area contributed by atoms with Crippen LogP contribution in [0.4, 0.5) is 0 Å². The molecule has 2 atom stereocenters. The predicted octanol–water partition coefficient (Wildman–Crippen LogP) is 6.42. The Bertz CT molecular complexity index is 1380. The first kappa shape index (κ1) is 22.7. The molecule has 0 saturated carbocycles. The van der Waals surface area contributed by atoms with E-state index in [0.717, 1.165) is 37.2 Å². The second-order valence-electron chi connectivity index (χ2n) is 10.2. The maximum Gasteiger partial charge on any atom is 0.169 e. The van der Waals surface area contributed by atoms with Gasteiger partial charge in [-0.2, -0.15) is 0 Å². The van der Waals surface area contributed by atoms with Gasteiger partial charge in [0, 0.05) is 40.4 Å². The van der Waals surface area contributed by atoms with E-state index in [1.165, 1.54) is 32.5 Å². The van der Waals surface area contributed by atoms with Crippen molar-refractivity contribution in [2.75, 3.05) is 32.9 Å². The zero-order chi connectivity index (χ0) is 24.3. The molecule has 5 nitrogen and oxygen atoms in total. The summed E-state index contributed by atoms with van der Waals surface area (Å²) in [6.07, 6.45) is 0. The van der Waals surface area contributed by atoms with E-state index in [4.69, 9.17) is 14.5 Å². The Morgan fingerprint density at radius 3 is 2.64 bits per heavy atom. The Morgan fingerprint density at radius 2 is 1.81 bits per heavy atom.